The molecule has 0 heterocycles. The van der Waals surface area contributed by atoms with Crippen molar-refractivity contribution < 1.29 is 14.3 Å². The third kappa shape index (κ3) is 4.26. The van der Waals surface area contributed by atoms with Crippen LogP contribution < -0.4 is 5.32 Å². The van der Waals surface area contributed by atoms with Gasteiger partial charge in [-0.1, -0.05) is 17.7 Å². The summed E-state index contributed by atoms with van der Waals surface area (Å²) in [6, 6.07) is 8.78. The van der Waals surface area contributed by atoms with Crippen LogP contribution in [0.25, 0.3) is 0 Å². The molecule has 18 heavy (non-hydrogen) atoms. The highest BCUT2D eigenvalue weighted by molar-refractivity contribution is 5.96. The SMILES string of the molecule is Cc1cccc(C(=O)NCC(=O)O[C@H](C)C#N)c1. The second-order valence-electron chi connectivity index (χ2n) is 3.81. The molecule has 94 valence electrons. The second-order valence-corrected chi connectivity index (χ2v) is 3.81. The molecule has 0 fully saturated rings. The minimum Gasteiger partial charge on any atom is -0.446 e. The standard InChI is InChI=1S/C13H14N2O3/c1-9-4-3-5-11(6-9)13(17)15-8-12(16)18-10(2)7-14/h3-6,10H,8H2,1-2H3,(H,15,17)/t10-/m1/s1. The van der Waals surface area contributed by atoms with E-state index >= 15 is 0 Å². The summed E-state index contributed by atoms with van der Waals surface area (Å²) in [4.78, 5) is 22.9. The number of benzene rings is 1. The van der Waals surface area contributed by atoms with Gasteiger partial charge in [-0.15, -0.1) is 0 Å². The molecule has 1 amide bonds. The third-order valence-corrected chi connectivity index (χ3v) is 2.16. The Labute approximate surface area is 105 Å². The molecule has 5 nitrogen and oxygen atoms in total. The zero-order chi connectivity index (χ0) is 13.5. The number of ether oxygens (including phenoxy) is 1. The van der Waals surface area contributed by atoms with Crippen molar-refractivity contribution in [1.29, 1.82) is 5.26 Å². The van der Waals surface area contributed by atoms with E-state index in [4.69, 9.17) is 10.00 Å². The van der Waals surface area contributed by atoms with Crippen LogP contribution in [0.2, 0.25) is 0 Å². The summed E-state index contributed by atoms with van der Waals surface area (Å²) in [5.74, 6) is -0.981. The van der Waals surface area contributed by atoms with Gasteiger partial charge in [0.15, 0.2) is 6.10 Å². The Morgan fingerprint density at radius 1 is 1.50 bits per heavy atom. The Bertz CT molecular complexity index is 491. The van der Waals surface area contributed by atoms with Gasteiger partial charge in [0.1, 0.15) is 12.6 Å². The largest absolute Gasteiger partial charge is 0.446 e. The van der Waals surface area contributed by atoms with Gasteiger partial charge in [-0.2, -0.15) is 5.26 Å². The Balaban J connectivity index is 2.47. The normalized spacial score (nSPS) is 11.2. The van der Waals surface area contributed by atoms with Gasteiger partial charge in [-0.05, 0) is 26.0 Å². The van der Waals surface area contributed by atoms with E-state index in [1.165, 1.54) is 6.92 Å². The van der Waals surface area contributed by atoms with Gasteiger partial charge in [-0.25, -0.2) is 0 Å². The molecule has 0 aliphatic heterocycles. The molecule has 0 unspecified atom stereocenters. The topological polar surface area (TPSA) is 79.2 Å². The minimum atomic E-state index is -0.812. The molecular weight excluding hydrogens is 232 g/mol. The van der Waals surface area contributed by atoms with Crippen LogP contribution in [0.1, 0.15) is 22.8 Å². The van der Waals surface area contributed by atoms with Crippen molar-refractivity contribution in [2.24, 2.45) is 0 Å². The third-order valence-electron chi connectivity index (χ3n) is 2.16. The van der Waals surface area contributed by atoms with E-state index in [2.05, 4.69) is 5.32 Å². The van der Waals surface area contributed by atoms with Crippen molar-refractivity contribution in [3.63, 3.8) is 0 Å². The number of rotatable bonds is 4. The monoisotopic (exact) mass is 246 g/mol. The molecule has 1 rings (SSSR count). The van der Waals surface area contributed by atoms with Crippen LogP contribution in [0, 0.1) is 18.3 Å². The van der Waals surface area contributed by atoms with Crippen molar-refractivity contribution in [1.82, 2.24) is 5.32 Å². The predicted molar refractivity (Wildman–Crippen MR) is 64.7 cm³/mol. The quantitative estimate of drug-likeness (QED) is 0.809. The van der Waals surface area contributed by atoms with Crippen LogP contribution in [-0.4, -0.2) is 24.5 Å². The van der Waals surface area contributed by atoms with Crippen LogP contribution in [0.5, 0.6) is 0 Å². The molecule has 0 aliphatic rings. The van der Waals surface area contributed by atoms with Crippen LogP contribution in [-0.2, 0) is 9.53 Å². The maximum Gasteiger partial charge on any atom is 0.326 e. The highest BCUT2D eigenvalue weighted by Crippen LogP contribution is 2.03. The number of hydrogen-bond acceptors (Lipinski definition) is 4. The summed E-state index contributed by atoms with van der Waals surface area (Å²) < 4.78 is 4.69. The van der Waals surface area contributed by atoms with Crippen molar-refractivity contribution in [2.75, 3.05) is 6.54 Å². The summed E-state index contributed by atoms with van der Waals surface area (Å²) in [6.07, 6.45) is -0.812. The number of nitrogens with zero attached hydrogens (tertiary/aromatic N) is 1. The minimum absolute atomic E-state index is 0.251. The van der Waals surface area contributed by atoms with Crippen molar-refractivity contribution in [2.45, 2.75) is 20.0 Å². The first-order valence-corrected chi connectivity index (χ1v) is 5.47. The fourth-order valence-electron chi connectivity index (χ4n) is 1.31. The summed E-state index contributed by atoms with van der Waals surface area (Å²) in [5, 5.41) is 10.9. The molecule has 1 aromatic rings. The number of esters is 1. The smallest absolute Gasteiger partial charge is 0.326 e. The van der Waals surface area contributed by atoms with E-state index in [0.29, 0.717) is 5.56 Å². The highest BCUT2D eigenvalue weighted by Gasteiger charge is 2.11. The second kappa shape index (κ2) is 6.40. The van der Waals surface area contributed by atoms with E-state index in [9.17, 15) is 9.59 Å². The number of carbonyl (C=O) groups excluding carboxylic acids is 2. The Morgan fingerprint density at radius 2 is 2.22 bits per heavy atom. The van der Waals surface area contributed by atoms with Gasteiger partial charge in [0, 0.05) is 5.56 Å². The molecule has 0 saturated carbocycles. The zero-order valence-electron chi connectivity index (χ0n) is 10.3. The summed E-state index contributed by atoms with van der Waals surface area (Å²) in [6.45, 7) is 3.08. The van der Waals surface area contributed by atoms with E-state index in [1.54, 1.807) is 24.3 Å². The van der Waals surface area contributed by atoms with E-state index in [0.717, 1.165) is 5.56 Å². The van der Waals surface area contributed by atoms with E-state index in [-0.39, 0.29) is 12.5 Å². The molecule has 1 atom stereocenters. The molecule has 0 saturated heterocycles. The number of carbonyl (C=O) groups is 2. The molecule has 0 aromatic heterocycles. The fourth-order valence-corrected chi connectivity index (χ4v) is 1.31. The molecule has 0 spiro atoms. The number of aryl methyl sites for hydroxylation is 1. The summed E-state index contributed by atoms with van der Waals surface area (Å²) >= 11 is 0. The average Bonchev–Trinajstić information content (AvgIpc) is 2.35. The van der Waals surface area contributed by atoms with Crippen LogP contribution in [0.15, 0.2) is 24.3 Å². The predicted octanol–water partition coefficient (Wildman–Crippen LogP) is 1.18. The van der Waals surface area contributed by atoms with Gasteiger partial charge in [-0.3, -0.25) is 9.59 Å². The van der Waals surface area contributed by atoms with Gasteiger partial charge < -0.3 is 10.1 Å². The molecule has 0 bridgehead atoms. The van der Waals surface area contributed by atoms with Crippen molar-refractivity contribution in [3.8, 4) is 6.07 Å². The first kappa shape index (κ1) is 13.7. The first-order chi connectivity index (χ1) is 8.52. The molecule has 0 radical (unpaired) electrons. The Morgan fingerprint density at radius 3 is 2.83 bits per heavy atom. The Kier molecular flexibility index (Phi) is 4.88. The van der Waals surface area contributed by atoms with Gasteiger partial charge >= 0.3 is 5.97 Å². The number of hydrogen-bond donors (Lipinski definition) is 1. The molecule has 0 aliphatic carbocycles. The van der Waals surface area contributed by atoms with E-state index < -0.39 is 12.1 Å². The lowest BCUT2D eigenvalue weighted by atomic mass is 10.1. The van der Waals surface area contributed by atoms with Crippen molar-refractivity contribution >= 4 is 11.9 Å². The van der Waals surface area contributed by atoms with Crippen molar-refractivity contribution in [3.05, 3.63) is 35.4 Å². The maximum atomic E-state index is 11.7. The molecular formula is C13H14N2O3. The van der Waals surface area contributed by atoms with Crippen LogP contribution in [0.4, 0.5) is 0 Å². The summed E-state index contributed by atoms with van der Waals surface area (Å²) in [7, 11) is 0. The van der Waals surface area contributed by atoms with Gasteiger partial charge in [0.25, 0.3) is 5.91 Å². The van der Waals surface area contributed by atoms with E-state index in [1.807, 2.05) is 13.0 Å². The first-order valence-electron chi connectivity index (χ1n) is 5.47. The lowest BCUT2D eigenvalue weighted by Gasteiger charge is -2.07. The zero-order valence-corrected chi connectivity index (χ0v) is 10.3. The summed E-state index contributed by atoms with van der Waals surface area (Å²) in [5.41, 5.74) is 1.44. The average molecular weight is 246 g/mol. The molecule has 5 heteroatoms. The fraction of sp³-hybridized carbons (Fsp3) is 0.308. The number of nitrogens with one attached hydrogen (secondary N) is 1. The number of nitriles is 1. The number of amides is 1. The molecule has 1 aromatic carbocycles. The maximum absolute atomic E-state index is 11.7. The van der Waals surface area contributed by atoms with Crippen LogP contribution >= 0.6 is 0 Å². The lowest BCUT2D eigenvalue weighted by Crippen LogP contribution is -2.31. The van der Waals surface area contributed by atoms with Crippen LogP contribution in [0.3, 0.4) is 0 Å². The molecule has 1 N–H and O–H groups in total. The lowest BCUT2D eigenvalue weighted by molar-refractivity contribution is -0.144. The highest BCUT2D eigenvalue weighted by atomic mass is 16.5. The van der Waals surface area contributed by atoms with Gasteiger partial charge in [0.2, 0.25) is 0 Å². The Hall–Kier alpha value is -2.35. The van der Waals surface area contributed by atoms with Gasteiger partial charge in [0.05, 0.1) is 0 Å².